The molecule has 0 radical (unpaired) electrons. The van der Waals surface area contributed by atoms with Crippen LogP contribution in [0.2, 0.25) is 0 Å². The lowest BCUT2D eigenvalue weighted by atomic mass is 10.3. The molecule has 1 aromatic carbocycles. The molecule has 0 atom stereocenters. The zero-order valence-electron chi connectivity index (χ0n) is 12.2. The summed E-state index contributed by atoms with van der Waals surface area (Å²) in [7, 11) is -3.65. The van der Waals surface area contributed by atoms with Gasteiger partial charge in [0.25, 0.3) is 5.69 Å². The minimum absolute atomic E-state index is 0.00246. The highest BCUT2D eigenvalue weighted by Gasteiger charge is 2.31. The van der Waals surface area contributed by atoms with Crippen LogP contribution in [0.25, 0.3) is 0 Å². The molecule has 1 aliphatic heterocycles. The second kappa shape index (κ2) is 5.94. The summed E-state index contributed by atoms with van der Waals surface area (Å²) in [5.41, 5.74) is -0.201. The predicted molar refractivity (Wildman–Crippen MR) is 81.0 cm³/mol. The van der Waals surface area contributed by atoms with Crippen molar-refractivity contribution < 1.29 is 13.3 Å². The van der Waals surface area contributed by atoms with Crippen molar-refractivity contribution >= 4 is 15.7 Å². The first kappa shape index (κ1) is 15.4. The van der Waals surface area contributed by atoms with E-state index < -0.39 is 14.9 Å². The molecule has 8 heteroatoms. The molecule has 2 aliphatic rings. The van der Waals surface area contributed by atoms with E-state index >= 15 is 0 Å². The Hall–Kier alpha value is -1.51. The van der Waals surface area contributed by atoms with Gasteiger partial charge in [0.05, 0.1) is 9.82 Å². The van der Waals surface area contributed by atoms with Gasteiger partial charge in [0.1, 0.15) is 0 Å². The lowest BCUT2D eigenvalue weighted by Crippen LogP contribution is -2.49. The van der Waals surface area contributed by atoms with Gasteiger partial charge in [-0.15, -0.1) is 0 Å². The zero-order chi connectivity index (χ0) is 15.7. The van der Waals surface area contributed by atoms with Crippen LogP contribution in [-0.4, -0.2) is 55.3 Å². The van der Waals surface area contributed by atoms with Crippen molar-refractivity contribution in [2.24, 2.45) is 5.92 Å². The van der Waals surface area contributed by atoms with Gasteiger partial charge in [-0.1, -0.05) is 6.07 Å². The summed E-state index contributed by atoms with van der Waals surface area (Å²) in [6.07, 6.45) is 2.57. The number of nitro benzene ring substituents is 1. The molecule has 1 aliphatic carbocycles. The van der Waals surface area contributed by atoms with E-state index in [9.17, 15) is 18.5 Å². The molecule has 0 spiro atoms. The summed E-state index contributed by atoms with van der Waals surface area (Å²) in [4.78, 5) is 12.5. The maximum absolute atomic E-state index is 12.6. The van der Waals surface area contributed by atoms with E-state index in [1.807, 2.05) is 0 Å². The summed E-state index contributed by atoms with van der Waals surface area (Å²) < 4.78 is 26.6. The highest BCUT2D eigenvalue weighted by atomic mass is 32.2. The molecule has 0 N–H and O–H groups in total. The molecule has 0 aromatic heterocycles. The van der Waals surface area contributed by atoms with Gasteiger partial charge in [-0.2, -0.15) is 4.31 Å². The van der Waals surface area contributed by atoms with Crippen LogP contribution in [-0.2, 0) is 10.0 Å². The van der Waals surface area contributed by atoms with Crippen molar-refractivity contribution in [1.82, 2.24) is 9.21 Å². The Kier molecular flexibility index (Phi) is 4.16. The average molecular weight is 325 g/mol. The smallest absolute Gasteiger partial charge is 0.270 e. The minimum atomic E-state index is -3.65. The highest BCUT2D eigenvalue weighted by molar-refractivity contribution is 7.89. The van der Waals surface area contributed by atoms with Gasteiger partial charge in [0.2, 0.25) is 10.0 Å². The Morgan fingerprint density at radius 2 is 1.86 bits per heavy atom. The highest BCUT2D eigenvalue weighted by Crippen LogP contribution is 2.30. The van der Waals surface area contributed by atoms with Crippen LogP contribution < -0.4 is 0 Å². The molecule has 22 heavy (non-hydrogen) atoms. The van der Waals surface area contributed by atoms with Crippen LogP contribution in [0.3, 0.4) is 0 Å². The lowest BCUT2D eigenvalue weighted by molar-refractivity contribution is -0.385. The lowest BCUT2D eigenvalue weighted by Gasteiger charge is -2.33. The second-order valence-corrected chi connectivity index (χ2v) is 7.84. The Balaban J connectivity index is 1.70. The molecule has 1 aromatic rings. The number of nitrogens with zero attached hydrogens (tertiary/aromatic N) is 3. The van der Waals surface area contributed by atoms with Gasteiger partial charge in [-0.05, 0) is 24.8 Å². The van der Waals surface area contributed by atoms with E-state index in [1.165, 1.54) is 35.3 Å². The topological polar surface area (TPSA) is 83.8 Å². The van der Waals surface area contributed by atoms with Gasteiger partial charge in [-0.3, -0.25) is 10.1 Å². The minimum Gasteiger partial charge on any atom is -0.300 e. The number of benzene rings is 1. The average Bonchev–Trinajstić information content (AvgIpc) is 3.32. The van der Waals surface area contributed by atoms with E-state index in [1.54, 1.807) is 0 Å². The van der Waals surface area contributed by atoms with Gasteiger partial charge < -0.3 is 4.90 Å². The van der Waals surface area contributed by atoms with Crippen molar-refractivity contribution in [2.75, 3.05) is 32.7 Å². The number of piperazine rings is 1. The van der Waals surface area contributed by atoms with Gasteiger partial charge in [0, 0.05) is 44.9 Å². The first-order valence-corrected chi connectivity index (χ1v) is 8.88. The van der Waals surface area contributed by atoms with Crippen molar-refractivity contribution in [3.8, 4) is 0 Å². The fraction of sp³-hybridized carbons (Fsp3) is 0.571. The Labute approximate surface area is 129 Å². The van der Waals surface area contributed by atoms with E-state index in [0.29, 0.717) is 13.1 Å². The van der Waals surface area contributed by atoms with Crippen LogP contribution in [0.15, 0.2) is 29.2 Å². The number of non-ortho nitro benzene ring substituents is 1. The van der Waals surface area contributed by atoms with Crippen molar-refractivity contribution in [2.45, 2.75) is 17.7 Å². The van der Waals surface area contributed by atoms with E-state index in [0.717, 1.165) is 31.6 Å². The van der Waals surface area contributed by atoms with Gasteiger partial charge in [0.15, 0.2) is 0 Å². The van der Waals surface area contributed by atoms with Crippen LogP contribution in [0.4, 0.5) is 5.69 Å². The molecule has 3 rings (SSSR count). The molecular weight excluding hydrogens is 306 g/mol. The number of hydrogen-bond acceptors (Lipinski definition) is 5. The Bertz CT molecular complexity index is 664. The molecule has 120 valence electrons. The van der Waals surface area contributed by atoms with Crippen molar-refractivity contribution in [3.05, 3.63) is 34.4 Å². The number of nitro groups is 1. The van der Waals surface area contributed by atoms with Gasteiger partial charge >= 0.3 is 0 Å². The molecule has 1 heterocycles. The Morgan fingerprint density at radius 3 is 2.45 bits per heavy atom. The number of sulfonamides is 1. The summed E-state index contributed by atoms with van der Waals surface area (Å²) in [5.74, 6) is 0.792. The van der Waals surface area contributed by atoms with Crippen molar-refractivity contribution in [1.29, 1.82) is 0 Å². The maximum atomic E-state index is 12.6. The molecule has 0 amide bonds. The first-order chi connectivity index (χ1) is 10.5. The third-order valence-electron chi connectivity index (χ3n) is 4.21. The van der Waals surface area contributed by atoms with Crippen LogP contribution >= 0.6 is 0 Å². The summed E-state index contributed by atoms with van der Waals surface area (Å²) in [6, 6.07) is 5.26. The normalized spacial score (nSPS) is 20.9. The second-order valence-electron chi connectivity index (χ2n) is 5.90. The molecule has 1 saturated heterocycles. The number of hydrogen-bond donors (Lipinski definition) is 0. The van der Waals surface area contributed by atoms with Crippen LogP contribution in [0.5, 0.6) is 0 Å². The van der Waals surface area contributed by atoms with Crippen LogP contribution in [0, 0.1) is 16.0 Å². The molecule has 7 nitrogen and oxygen atoms in total. The van der Waals surface area contributed by atoms with E-state index in [2.05, 4.69) is 4.90 Å². The third-order valence-corrected chi connectivity index (χ3v) is 6.11. The van der Waals surface area contributed by atoms with E-state index in [4.69, 9.17) is 0 Å². The fourth-order valence-corrected chi connectivity index (χ4v) is 4.19. The SMILES string of the molecule is O=[N+]([O-])c1cccc(S(=O)(=O)N2CCN(CC3CC3)CC2)c1. The molecule has 1 saturated carbocycles. The predicted octanol–water partition coefficient (Wildman–Crippen LogP) is 1.31. The monoisotopic (exact) mass is 325 g/mol. The third kappa shape index (κ3) is 3.29. The summed E-state index contributed by atoms with van der Waals surface area (Å²) >= 11 is 0. The fourth-order valence-electron chi connectivity index (χ4n) is 2.72. The number of rotatable bonds is 5. The summed E-state index contributed by atoms with van der Waals surface area (Å²) in [6.45, 7) is 3.40. The summed E-state index contributed by atoms with van der Waals surface area (Å²) in [5, 5.41) is 10.8. The van der Waals surface area contributed by atoms with E-state index in [-0.39, 0.29) is 10.6 Å². The molecule has 2 fully saturated rings. The Morgan fingerprint density at radius 1 is 1.18 bits per heavy atom. The molecule has 0 unspecified atom stereocenters. The quantitative estimate of drug-likeness (QED) is 0.602. The molecule has 0 bridgehead atoms. The van der Waals surface area contributed by atoms with Gasteiger partial charge in [-0.25, -0.2) is 8.42 Å². The van der Waals surface area contributed by atoms with Crippen LogP contribution in [0.1, 0.15) is 12.8 Å². The van der Waals surface area contributed by atoms with Crippen molar-refractivity contribution in [3.63, 3.8) is 0 Å². The molecular formula is C14H19N3O4S. The maximum Gasteiger partial charge on any atom is 0.270 e. The largest absolute Gasteiger partial charge is 0.300 e. The standard InChI is InChI=1S/C14H19N3O4S/c18-17(19)13-2-1-3-14(10-13)22(20,21)16-8-6-15(7-9-16)11-12-4-5-12/h1-3,10,12H,4-9,11H2. The first-order valence-electron chi connectivity index (χ1n) is 7.44. The zero-order valence-corrected chi connectivity index (χ0v) is 13.0.